The number of carbonyl (C=O) groups is 1. The van der Waals surface area contributed by atoms with Crippen molar-refractivity contribution in [1.29, 1.82) is 0 Å². The van der Waals surface area contributed by atoms with E-state index in [2.05, 4.69) is 14.9 Å². The van der Waals surface area contributed by atoms with Gasteiger partial charge in [0.05, 0.1) is 15.9 Å². The third kappa shape index (κ3) is 5.82. The van der Waals surface area contributed by atoms with E-state index in [-0.39, 0.29) is 39.9 Å². The monoisotopic (exact) mass is 664 g/mol. The van der Waals surface area contributed by atoms with Crippen LogP contribution in [-0.4, -0.2) is 87.9 Å². The molecule has 3 aliphatic rings. The summed E-state index contributed by atoms with van der Waals surface area (Å²) in [5.41, 5.74) is -0.263. The second-order valence-corrected chi connectivity index (χ2v) is 14.3. The van der Waals surface area contributed by atoms with Crippen LogP contribution in [0.1, 0.15) is 52.9 Å². The molecule has 9 nitrogen and oxygen atoms in total. The molecule has 1 amide bonds. The lowest BCUT2D eigenvalue weighted by Gasteiger charge is -2.31. The number of pyridine rings is 1. The van der Waals surface area contributed by atoms with Crippen molar-refractivity contribution in [2.45, 2.75) is 70.1 Å². The molecule has 0 unspecified atom stereocenters. The Kier molecular flexibility index (Phi) is 8.11. The smallest absolute Gasteiger partial charge is 0.410 e. The summed E-state index contributed by atoms with van der Waals surface area (Å²) in [6, 6.07) is 8.09. The molecule has 5 heterocycles. The molecule has 0 bridgehead atoms. The summed E-state index contributed by atoms with van der Waals surface area (Å²) >= 11 is 6.41. The number of halogens is 3. The van der Waals surface area contributed by atoms with Gasteiger partial charge in [-0.15, -0.1) is 0 Å². The Bertz CT molecular complexity index is 1860. The number of hydrogen-bond donors (Lipinski definition) is 0. The van der Waals surface area contributed by atoms with Gasteiger partial charge in [-0.3, -0.25) is 9.88 Å². The van der Waals surface area contributed by atoms with Crippen LogP contribution >= 0.6 is 11.6 Å². The van der Waals surface area contributed by atoms with Gasteiger partial charge in [-0.25, -0.2) is 13.6 Å². The van der Waals surface area contributed by atoms with Crippen LogP contribution in [0.5, 0.6) is 6.01 Å². The van der Waals surface area contributed by atoms with Crippen molar-refractivity contribution in [3.8, 4) is 17.3 Å². The molecule has 0 radical (unpaired) electrons. The molecule has 7 rings (SSSR count). The third-order valence-electron chi connectivity index (χ3n) is 9.81. The Hall–Kier alpha value is -3.83. The molecule has 0 saturated carbocycles. The number of carbonyl (C=O) groups excluding carboxylic acids is 1. The topological polar surface area (TPSA) is 83.9 Å². The summed E-state index contributed by atoms with van der Waals surface area (Å²) in [6.07, 6.45) is 6.15. The van der Waals surface area contributed by atoms with Gasteiger partial charge in [-0.05, 0) is 77.4 Å². The fraction of sp³-hybridized carbons (Fsp3) is 0.486. The van der Waals surface area contributed by atoms with Gasteiger partial charge >= 0.3 is 12.1 Å². The number of likely N-dealkylation sites (tertiary alicyclic amines) is 1. The molecule has 3 saturated heterocycles. The fourth-order valence-corrected chi connectivity index (χ4v) is 7.71. The van der Waals surface area contributed by atoms with E-state index >= 15 is 4.39 Å². The summed E-state index contributed by atoms with van der Waals surface area (Å²) in [7, 11) is 1.88. The zero-order chi connectivity index (χ0) is 33.1. The van der Waals surface area contributed by atoms with E-state index in [1.165, 1.54) is 6.07 Å². The van der Waals surface area contributed by atoms with Gasteiger partial charge in [0.15, 0.2) is 5.82 Å². The van der Waals surface area contributed by atoms with Crippen molar-refractivity contribution in [3.05, 3.63) is 53.2 Å². The average molecular weight is 665 g/mol. The van der Waals surface area contributed by atoms with Gasteiger partial charge in [0, 0.05) is 43.3 Å². The molecule has 12 heteroatoms. The van der Waals surface area contributed by atoms with E-state index in [4.69, 9.17) is 26.1 Å². The summed E-state index contributed by atoms with van der Waals surface area (Å²) in [5, 5.41) is 1.34. The number of rotatable bonds is 6. The van der Waals surface area contributed by atoms with Crippen molar-refractivity contribution in [3.63, 3.8) is 0 Å². The highest BCUT2D eigenvalue weighted by molar-refractivity contribution is 6.36. The van der Waals surface area contributed by atoms with Crippen LogP contribution in [0.3, 0.4) is 0 Å². The molecule has 2 aromatic carbocycles. The Morgan fingerprint density at radius 3 is 2.62 bits per heavy atom. The number of fused-ring (bicyclic) bond motifs is 3. The van der Waals surface area contributed by atoms with Crippen molar-refractivity contribution in [1.82, 2.24) is 24.8 Å². The maximum atomic E-state index is 16.8. The van der Waals surface area contributed by atoms with Gasteiger partial charge in [-0.1, -0.05) is 35.9 Å². The second-order valence-electron chi connectivity index (χ2n) is 14.0. The number of likely N-dealkylation sites (N-methyl/N-ethyl adjacent to an activating group) is 1. The van der Waals surface area contributed by atoms with Crippen LogP contribution in [0.25, 0.3) is 32.9 Å². The highest BCUT2D eigenvalue weighted by atomic mass is 35.5. The fourth-order valence-electron chi connectivity index (χ4n) is 7.43. The first-order chi connectivity index (χ1) is 22.4. The van der Waals surface area contributed by atoms with Crippen LogP contribution in [0.4, 0.5) is 19.4 Å². The van der Waals surface area contributed by atoms with Crippen LogP contribution in [0.2, 0.25) is 5.02 Å². The normalized spacial score (nSPS) is 19.5. The molecule has 248 valence electrons. The number of hydrogen-bond acceptors (Lipinski definition) is 8. The molecular formula is C35H39ClF2N6O3. The van der Waals surface area contributed by atoms with Gasteiger partial charge in [0.25, 0.3) is 0 Å². The zero-order valence-electron chi connectivity index (χ0n) is 27.2. The standard InChI is InChI=1S/C35H39ClF2N6O3/c1-34(2,3)47-33(45)43-17-12-22(19-43)42(4)31-24-18-39-29(23-9-5-8-21-10-11-25(37)27(36)26(21)23)28(38)30(24)40-32(41-31)46-20-35-13-6-15-44(35)16-7-14-35/h5,8-11,18,22H,6-7,12-17,19-20H2,1-4H3/t22-/m1/s1. The highest BCUT2D eigenvalue weighted by Crippen LogP contribution is 2.41. The molecule has 0 aliphatic carbocycles. The van der Waals surface area contributed by atoms with Crippen molar-refractivity contribution < 1.29 is 23.0 Å². The van der Waals surface area contributed by atoms with Crippen LogP contribution in [0.15, 0.2) is 36.5 Å². The van der Waals surface area contributed by atoms with Crippen LogP contribution < -0.4 is 9.64 Å². The third-order valence-corrected chi connectivity index (χ3v) is 10.2. The first-order valence-electron chi connectivity index (χ1n) is 16.3. The quantitative estimate of drug-likeness (QED) is 0.214. The lowest BCUT2D eigenvalue weighted by Crippen LogP contribution is -2.43. The minimum absolute atomic E-state index is 0.00201. The largest absolute Gasteiger partial charge is 0.461 e. The summed E-state index contributed by atoms with van der Waals surface area (Å²) in [4.78, 5) is 32.9. The molecule has 47 heavy (non-hydrogen) atoms. The maximum Gasteiger partial charge on any atom is 0.410 e. The van der Waals surface area contributed by atoms with E-state index in [9.17, 15) is 9.18 Å². The Morgan fingerprint density at radius 1 is 1.11 bits per heavy atom. The molecule has 3 fully saturated rings. The molecule has 4 aromatic rings. The van der Waals surface area contributed by atoms with E-state index in [1.54, 1.807) is 35.4 Å². The minimum atomic E-state index is -0.680. The minimum Gasteiger partial charge on any atom is -0.461 e. The van der Waals surface area contributed by atoms with E-state index in [1.807, 2.05) is 32.7 Å². The average Bonchev–Trinajstić information content (AvgIpc) is 3.77. The van der Waals surface area contributed by atoms with Crippen molar-refractivity contribution >= 4 is 45.2 Å². The molecule has 0 N–H and O–H groups in total. The Morgan fingerprint density at radius 2 is 1.87 bits per heavy atom. The predicted molar refractivity (Wildman–Crippen MR) is 178 cm³/mol. The van der Waals surface area contributed by atoms with Crippen molar-refractivity contribution in [2.24, 2.45) is 0 Å². The number of benzene rings is 2. The first-order valence-corrected chi connectivity index (χ1v) is 16.6. The van der Waals surface area contributed by atoms with E-state index < -0.39 is 17.2 Å². The molecule has 1 atom stereocenters. The Balaban J connectivity index is 1.29. The van der Waals surface area contributed by atoms with Gasteiger partial charge < -0.3 is 19.3 Å². The molecule has 3 aliphatic heterocycles. The number of aromatic nitrogens is 3. The van der Waals surface area contributed by atoms with Gasteiger partial charge in [-0.2, -0.15) is 9.97 Å². The summed E-state index contributed by atoms with van der Waals surface area (Å²) < 4.78 is 43.3. The maximum absolute atomic E-state index is 16.8. The van der Waals surface area contributed by atoms with E-state index in [0.29, 0.717) is 53.7 Å². The SMILES string of the molecule is CN(c1nc(OCC23CCCN2CCC3)nc2c(F)c(-c3cccc4ccc(F)c(Cl)c34)ncc12)[C@@H]1CCN(C(=O)OC(C)(C)C)C1. The number of nitrogens with zero attached hydrogens (tertiary/aromatic N) is 6. The first kappa shape index (κ1) is 31.8. The lowest BCUT2D eigenvalue weighted by atomic mass is 9.95. The second kappa shape index (κ2) is 12.0. The molecular weight excluding hydrogens is 626 g/mol. The van der Waals surface area contributed by atoms with Gasteiger partial charge in [0.2, 0.25) is 0 Å². The predicted octanol–water partition coefficient (Wildman–Crippen LogP) is 7.23. The Labute approximate surface area is 277 Å². The summed E-state index contributed by atoms with van der Waals surface area (Å²) in [6.45, 7) is 8.96. The zero-order valence-corrected chi connectivity index (χ0v) is 27.9. The lowest BCUT2D eigenvalue weighted by molar-refractivity contribution is 0.0292. The number of amides is 1. The van der Waals surface area contributed by atoms with E-state index in [0.717, 1.165) is 38.8 Å². The van der Waals surface area contributed by atoms with Crippen molar-refractivity contribution in [2.75, 3.05) is 44.7 Å². The highest BCUT2D eigenvalue weighted by Gasteiger charge is 2.45. The van der Waals surface area contributed by atoms with Crippen LogP contribution in [0, 0.1) is 11.6 Å². The summed E-state index contributed by atoms with van der Waals surface area (Å²) in [5.74, 6) is -0.826. The molecule has 0 spiro atoms. The number of anilines is 1. The molecule has 2 aromatic heterocycles. The van der Waals surface area contributed by atoms with Gasteiger partial charge in [0.1, 0.15) is 35.1 Å². The van der Waals surface area contributed by atoms with Crippen LogP contribution in [-0.2, 0) is 4.74 Å². The number of ether oxygens (including phenoxy) is 2.